The number of carbonyl (C=O) groups excluding carboxylic acids is 1. The Balaban J connectivity index is 1.86. The lowest BCUT2D eigenvalue weighted by atomic mass is 10.0. The van der Waals surface area contributed by atoms with Gasteiger partial charge in [0.1, 0.15) is 24.2 Å². The number of phenols is 1. The summed E-state index contributed by atoms with van der Waals surface area (Å²) in [5, 5.41) is 20.1. The topological polar surface area (TPSA) is 92.9 Å². The van der Waals surface area contributed by atoms with E-state index in [1.54, 1.807) is 28.8 Å². The molecule has 0 spiro atoms. The molecule has 122 valence electrons. The van der Waals surface area contributed by atoms with Crippen molar-refractivity contribution in [1.29, 1.82) is 0 Å². The number of nitrogens with zero attached hydrogens (tertiary/aromatic N) is 4. The number of phenolic OH excluding ortho intramolecular Hbond substituents is 1. The van der Waals surface area contributed by atoms with E-state index in [2.05, 4.69) is 20.5 Å². The van der Waals surface area contributed by atoms with Gasteiger partial charge in [-0.15, -0.1) is 10.2 Å². The molecular formula is C17H17N5O2. The summed E-state index contributed by atoms with van der Waals surface area (Å²) in [6.07, 6.45) is 4.54. The monoisotopic (exact) mass is 323 g/mol. The number of aromatic hydroxyl groups is 1. The van der Waals surface area contributed by atoms with Crippen molar-refractivity contribution in [3.8, 4) is 11.6 Å². The van der Waals surface area contributed by atoms with Crippen molar-refractivity contribution >= 4 is 11.6 Å². The SMILES string of the molecule is CC(C)c1ccc(O)c(NC(=O)c2ccnc(-n3cnnc3)c2)c1. The molecule has 7 heteroatoms. The molecule has 1 aromatic carbocycles. The zero-order valence-electron chi connectivity index (χ0n) is 13.3. The summed E-state index contributed by atoms with van der Waals surface area (Å²) >= 11 is 0. The third-order valence-electron chi connectivity index (χ3n) is 3.63. The van der Waals surface area contributed by atoms with Crippen LogP contribution in [0, 0.1) is 0 Å². The van der Waals surface area contributed by atoms with Crippen LogP contribution in [0.2, 0.25) is 0 Å². The van der Waals surface area contributed by atoms with Gasteiger partial charge in [-0.1, -0.05) is 19.9 Å². The predicted molar refractivity (Wildman–Crippen MR) is 89.3 cm³/mol. The van der Waals surface area contributed by atoms with Gasteiger partial charge in [-0.3, -0.25) is 9.36 Å². The molecule has 7 nitrogen and oxygen atoms in total. The number of benzene rings is 1. The standard InChI is InChI=1S/C17H17N5O2/c1-11(2)12-3-4-15(23)14(7-12)21-17(24)13-5-6-18-16(8-13)22-9-19-20-10-22/h3-11,23H,1-2H3,(H,21,24). The van der Waals surface area contributed by atoms with Gasteiger partial charge < -0.3 is 10.4 Å². The molecule has 0 unspecified atom stereocenters. The van der Waals surface area contributed by atoms with Crippen LogP contribution in [0.5, 0.6) is 5.75 Å². The first-order valence-electron chi connectivity index (χ1n) is 7.50. The van der Waals surface area contributed by atoms with E-state index in [9.17, 15) is 9.90 Å². The van der Waals surface area contributed by atoms with Gasteiger partial charge in [0.2, 0.25) is 0 Å². The normalized spacial score (nSPS) is 10.8. The third-order valence-corrected chi connectivity index (χ3v) is 3.63. The maximum Gasteiger partial charge on any atom is 0.255 e. The van der Waals surface area contributed by atoms with Crippen molar-refractivity contribution in [2.24, 2.45) is 0 Å². The minimum Gasteiger partial charge on any atom is -0.506 e. The number of hydrogen-bond donors (Lipinski definition) is 2. The molecule has 2 heterocycles. The molecule has 1 amide bonds. The Morgan fingerprint density at radius 1 is 1.17 bits per heavy atom. The lowest BCUT2D eigenvalue weighted by Gasteiger charge is -2.12. The Labute approximate surface area is 139 Å². The molecule has 0 aliphatic heterocycles. The Kier molecular flexibility index (Phi) is 4.24. The number of anilines is 1. The summed E-state index contributed by atoms with van der Waals surface area (Å²) in [5.74, 6) is 0.527. The molecule has 2 N–H and O–H groups in total. The number of rotatable bonds is 4. The van der Waals surface area contributed by atoms with Crippen LogP contribution in [-0.2, 0) is 0 Å². The minimum absolute atomic E-state index is 0.0286. The molecule has 3 aromatic rings. The molecule has 0 aliphatic rings. The Hall–Kier alpha value is -3.22. The Morgan fingerprint density at radius 3 is 2.62 bits per heavy atom. The van der Waals surface area contributed by atoms with Crippen molar-refractivity contribution < 1.29 is 9.90 Å². The molecule has 0 bridgehead atoms. The van der Waals surface area contributed by atoms with Crippen LogP contribution in [0.15, 0.2) is 49.2 Å². The molecule has 0 fully saturated rings. The fourth-order valence-electron chi connectivity index (χ4n) is 2.23. The maximum atomic E-state index is 12.5. The second-order valence-electron chi connectivity index (χ2n) is 5.66. The van der Waals surface area contributed by atoms with Gasteiger partial charge in [-0.25, -0.2) is 4.98 Å². The smallest absolute Gasteiger partial charge is 0.255 e. The van der Waals surface area contributed by atoms with E-state index in [1.807, 2.05) is 19.9 Å². The van der Waals surface area contributed by atoms with Crippen LogP contribution in [-0.4, -0.2) is 30.8 Å². The lowest BCUT2D eigenvalue weighted by molar-refractivity contribution is 0.102. The van der Waals surface area contributed by atoms with Crippen LogP contribution in [0.1, 0.15) is 35.7 Å². The molecule has 0 saturated heterocycles. The summed E-state index contributed by atoms with van der Waals surface area (Å²) in [4.78, 5) is 16.7. The molecule has 24 heavy (non-hydrogen) atoms. The molecule has 0 radical (unpaired) electrons. The van der Waals surface area contributed by atoms with E-state index in [1.165, 1.54) is 18.9 Å². The summed E-state index contributed by atoms with van der Waals surface area (Å²) in [5.41, 5.74) is 1.83. The first-order valence-corrected chi connectivity index (χ1v) is 7.50. The average Bonchev–Trinajstić information content (AvgIpc) is 3.11. The van der Waals surface area contributed by atoms with Gasteiger partial charge in [-0.2, -0.15) is 0 Å². The van der Waals surface area contributed by atoms with Gasteiger partial charge in [0.25, 0.3) is 5.91 Å². The minimum atomic E-state index is -0.331. The fourth-order valence-corrected chi connectivity index (χ4v) is 2.23. The molecular weight excluding hydrogens is 306 g/mol. The number of carbonyl (C=O) groups is 1. The van der Waals surface area contributed by atoms with Gasteiger partial charge >= 0.3 is 0 Å². The first kappa shape index (κ1) is 15.7. The van der Waals surface area contributed by atoms with Crippen molar-refractivity contribution in [2.45, 2.75) is 19.8 Å². The molecule has 0 atom stereocenters. The highest BCUT2D eigenvalue weighted by Gasteiger charge is 2.12. The van der Waals surface area contributed by atoms with Crippen molar-refractivity contribution in [2.75, 3.05) is 5.32 Å². The summed E-state index contributed by atoms with van der Waals surface area (Å²) < 4.78 is 1.60. The Morgan fingerprint density at radius 2 is 1.92 bits per heavy atom. The van der Waals surface area contributed by atoms with Gasteiger partial charge in [0.05, 0.1) is 5.69 Å². The highest BCUT2D eigenvalue weighted by molar-refractivity contribution is 6.05. The van der Waals surface area contributed by atoms with Crippen molar-refractivity contribution in [3.05, 3.63) is 60.3 Å². The van der Waals surface area contributed by atoms with Crippen LogP contribution in [0.25, 0.3) is 5.82 Å². The highest BCUT2D eigenvalue weighted by atomic mass is 16.3. The predicted octanol–water partition coefficient (Wildman–Crippen LogP) is 2.74. The number of amides is 1. The molecule has 2 aromatic heterocycles. The van der Waals surface area contributed by atoms with Gasteiger partial charge in [0, 0.05) is 11.8 Å². The maximum absolute atomic E-state index is 12.5. The summed E-state index contributed by atoms with van der Waals surface area (Å²) in [6.45, 7) is 4.10. The Bertz CT molecular complexity index is 859. The van der Waals surface area contributed by atoms with Crippen molar-refractivity contribution in [3.63, 3.8) is 0 Å². The third kappa shape index (κ3) is 3.24. The molecule has 3 rings (SSSR count). The second-order valence-corrected chi connectivity index (χ2v) is 5.66. The number of aromatic nitrogens is 4. The fraction of sp³-hybridized carbons (Fsp3) is 0.176. The van der Waals surface area contributed by atoms with Crippen LogP contribution >= 0.6 is 0 Å². The largest absolute Gasteiger partial charge is 0.506 e. The quantitative estimate of drug-likeness (QED) is 0.720. The zero-order chi connectivity index (χ0) is 17.1. The van der Waals surface area contributed by atoms with E-state index < -0.39 is 0 Å². The second kappa shape index (κ2) is 6.49. The van der Waals surface area contributed by atoms with E-state index >= 15 is 0 Å². The molecule has 0 saturated carbocycles. The summed E-state index contributed by atoms with van der Waals surface area (Å²) in [6, 6.07) is 8.43. The van der Waals surface area contributed by atoms with Crippen LogP contribution < -0.4 is 5.32 Å². The van der Waals surface area contributed by atoms with Gasteiger partial charge in [0.15, 0.2) is 0 Å². The highest BCUT2D eigenvalue weighted by Crippen LogP contribution is 2.28. The first-order chi connectivity index (χ1) is 11.5. The van der Waals surface area contributed by atoms with Crippen LogP contribution in [0.3, 0.4) is 0 Å². The molecule has 0 aliphatic carbocycles. The van der Waals surface area contributed by atoms with E-state index in [0.717, 1.165) is 5.56 Å². The van der Waals surface area contributed by atoms with Crippen LogP contribution in [0.4, 0.5) is 5.69 Å². The summed E-state index contributed by atoms with van der Waals surface area (Å²) in [7, 11) is 0. The number of hydrogen-bond acceptors (Lipinski definition) is 5. The van der Waals surface area contributed by atoms with Gasteiger partial charge in [-0.05, 0) is 35.7 Å². The van der Waals surface area contributed by atoms with E-state index in [4.69, 9.17) is 0 Å². The van der Waals surface area contributed by atoms with E-state index in [-0.39, 0.29) is 11.7 Å². The average molecular weight is 323 g/mol. The van der Waals surface area contributed by atoms with E-state index in [0.29, 0.717) is 23.0 Å². The number of pyridine rings is 1. The lowest BCUT2D eigenvalue weighted by Crippen LogP contribution is -2.13. The number of nitrogens with one attached hydrogen (secondary N) is 1. The van der Waals surface area contributed by atoms with Crippen molar-refractivity contribution in [1.82, 2.24) is 19.7 Å². The zero-order valence-corrected chi connectivity index (χ0v) is 13.3.